The second-order valence-corrected chi connectivity index (χ2v) is 6.00. The molecule has 0 amide bonds. The van der Waals surface area contributed by atoms with Crippen LogP contribution in [0.25, 0.3) is 0 Å². The topological polar surface area (TPSA) is 138 Å². The summed E-state index contributed by atoms with van der Waals surface area (Å²) in [7, 11) is 0. The van der Waals surface area contributed by atoms with Gasteiger partial charge in [-0.15, -0.1) is 0 Å². The molecule has 166 valence electrons. The highest BCUT2D eigenvalue weighted by Crippen LogP contribution is 2.14. The van der Waals surface area contributed by atoms with E-state index >= 15 is 0 Å². The first-order chi connectivity index (χ1) is 15.4. The van der Waals surface area contributed by atoms with E-state index in [1.165, 1.54) is 61.5 Å². The van der Waals surface area contributed by atoms with Gasteiger partial charge in [-0.1, -0.05) is 0 Å². The van der Waals surface area contributed by atoms with Crippen LogP contribution in [-0.2, 0) is 28.6 Å². The lowest BCUT2D eigenvalue weighted by atomic mass is 10.2. The number of rotatable bonds is 11. The van der Waals surface area contributed by atoms with Crippen LogP contribution < -0.4 is 0 Å². The standard InChI is InChI=1S/C21H19N2O9/c1-15(25)29-12-13-32-23(28)19-8-4-17(5-9-19)21(27)31-11-10-30-20(26)16-2-6-18(7-3-16)22-14-24/h2-9H,10-13H2,1H3/q+1. The van der Waals surface area contributed by atoms with Crippen LogP contribution in [0.15, 0.2) is 53.5 Å². The second-order valence-electron chi connectivity index (χ2n) is 6.00. The number of hydrogen-bond donors (Lipinski definition) is 0. The molecule has 0 N–H and O–H groups in total. The molecule has 0 atom stereocenters. The van der Waals surface area contributed by atoms with Crippen LogP contribution >= 0.6 is 0 Å². The van der Waals surface area contributed by atoms with Crippen molar-refractivity contribution in [2.45, 2.75) is 6.92 Å². The fourth-order valence-corrected chi connectivity index (χ4v) is 2.26. The third-order valence-corrected chi connectivity index (χ3v) is 3.74. The number of nitrogens with zero attached hydrogens (tertiary/aromatic N) is 2. The molecular weight excluding hydrogens is 424 g/mol. The summed E-state index contributed by atoms with van der Waals surface area (Å²) in [5.41, 5.74) is 0.905. The molecule has 0 aliphatic heterocycles. The molecule has 0 spiro atoms. The maximum atomic E-state index is 12.0. The number of benzene rings is 2. The molecule has 11 heteroatoms. The first-order valence-corrected chi connectivity index (χ1v) is 9.26. The maximum Gasteiger partial charge on any atom is 0.338 e. The van der Waals surface area contributed by atoms with Crippen molar-refractivity contribution < 1.29 is 43.1 Å². The van der Waals surface area contributed by atoms with Gasteiger partial charge in [0.1, 0.15) is 19.8 Å². The molecule has 0 fully saturated rings. The number of hydrogen-bond acceptors (Lipinski definition) is 10. The highest BCUT2D eigenvalue weighted by atomic mass is 16.8. The molecule has 11 nitrogen and oxygen atoms in total. The zero-order chi connectivity index (χ0) is 23.3. The van der Waals surface area contributed by atoms with Crippen LogP contribution in [0.2, 0.25) is 0 Å². The third-order valence-electron chi connectivity index (χ3n) is 3.74. The summed E-state index contributed by atoms with van der Waals surface area (Å²) in [6, 6.07) is 11.2. The van der Waals surface area contributed by atoms with Gasteiger partial charge < -0.3 is 14.2 Å². The molecule has 0 radical (unpaired) electrons. The van der Waals surface area contributed by atoms with Gasteiger partial charge in [-0.25, -0.2) is 19.2 Å². The summed E-state index contributed by atoms with van der Waals surface area (Å²) in [5, 5.41) is 0. The molecule has 0 heterocycles. The van der Waals surface area contributed by atoms with Gasteiger partial charge in [-0.2, -0.15) is 4.99 Å². The lowest BCUT2D eigenvalue weighted by molar-refractivity contribution is -0.745. The van der Waals surface area contributed by atoms with Crippen molar-refractivity contribution in [3.8, 4) is 0 Å². The SMILES string of the molecule is CC(=O)OCCO[N+](=O)c1ccc(C(=O)OCCOC(=O)c2ccc(N=C=O)cc2)cc1. The molecule has 0 aliphatic rings. The van der Waals surface area contributed by atoms with Gasteiger partial charge in [0.05, 0.1) is 21.7 Å². The van der Waals surface area contributed by atoms with Gasteiger partial charge in [0.25, 0.3) is 4.92 Å². The van der Waals surface area contributed by atoms with Gasteiger partial charge in [-0.05, 0) is 36.4 Å². The predicted octanol–water partition coefficient (Wildman–Crippen LogP) is 2.57. The first kappa shape index (κ1) is 23.9. The van der Waals surface area contributed by atoms with Crippen LogP contribution in [0.5, 0.6) is 0 Å². The lowest BCUT2D eigenvalue weighted by Gasteiger charge is -2.06. The minimum Gasteiger partial charge on any atom is -0.462 e. The summed E-state index contributed by atoms with van der Waals surface area (Å²) in [6.07, 6.45) is 1.39. The number of carbonyl (C=O) groups is 3. The number of carbonyl (C=O) groups excluding carboxylic acids is 4. The summed E-state index contributed by atoms with van der Waals surface area (Å²) in [4.78, 5) is 65.0. The van der Waals surface area contributed by atoms with E-state index in [-0.39, 0.29) is 48.2 Å². The van der Waals surface area contributed by atoms with E-state index in [1.807, 2.05) is 0 Å². The van der Waals surface area contributed by atoms with Crippen LogP contribution in [-0.4, -0.2) is 55.3 Å². The summed E-state index contributed by atoms with van der Waals surface area (Å²) in [5.74, 6) is -1.78. The van der Waals surface area contributed by atoms with E-state index in [0.717, 1.165) is 0 Å². The van der Waals surface area contributed by atoms with E-state index in [0.29, 0.717) is 5.69 Å². The van der Waals surface area contributed by atoms with Crippen molar-refractivity contribution in [3.05, 3.63) is 64.6 Å². The third kappa shape index (κ3) is 7.81. The zero-order valence-electron chi connectivity index (χ0n) is 17.0. The Morgan fingerprint density at radius 2 is 1.31 bits per heavy atom. The number of aliphatic imine (C=N–C) groups is 1. The molecule has 0 aliphatic carbocycles. The molecular formula is C21H19N2O9+. The molecule has 0 bridgehead atoms. The Kier molecular flexibility index (Phi) is 9.23. The van der Waals surface area contributed by atoms with Gasteiger partial charge in [0, 0.05) is 19.1 Å². The molecule has 0 saturated carbocycles. The minimum atomic E-state index is -0.670. The largest absolute Gasteiger partial charge is 0.462 e. The van der Waals surface area contributed by atoms with Crippen molar-refractivity contribution in [1.82, 2.24) is 0 Å². The lowest BCUT2D eigenvalue weighted by Crippen LogP contribution is -2.14. The van der Waals surface area contributed by atoms with Gasteiger partial charge in [-0.3, -0.25) is 4.79 Å². The highest BCUT2D eigenvalue weighted by Gasteiger charge is 2.18. The summed E-state index contributed by atoms with van der Waals surface area (Å²) >= 11 is 0. The molecule has 0 unspecified atom stereocenters. The first-order valence-electron chi connectivity index (χ1n) is 9.26. The highest BCUT2D eigenvalue weighted by molar-refractivity contribution is 5.90. The van der Waals surface area contributed by atoms with Gasteiger partial charge >= 0.3 is 23.6 Å². The van der Waals surface area contributed by atoms with Crippen LogP contribution in [0.4, 0.5) is 11.4 Å². The van der Waals surface area contributed by atoms with Crippen molar-refractivity contribution in [3.63, 3.8) is 0 Å². The fourth-order valence-electron chi connectivity index (χ4n) is 2.26. The molecule has 32 heavy (non-hydrogen) atoms. The van der Waals surface area contributed by atoms with Crippen molar-refractivity contribution in [2.24, 2.45) is 4.99 Å². The summed E-state index contributed by atoms with van der Waals surface area (Å²) < 4.78 is 14.7. The minimum absolute atomic E-state index is 0.0664. The Hall–Kier alpha value is -4.37. The van der Waals surface area contributed by atoms with E-state index in [2.05, 4.69) is 9.73 Å². The quantitative estimate of drug-likeness (QED) is 0.128. The number of ether oxygens (including phenoxy) is 3. The van der Waals surface area contributed by atoms with Crippen molar-refractivity contribution >= 4 is 35.4 Å². The average Bonchev–Trinajstić information content (AvgIpc) is 2.79. The van der Waals surface area contributed by atoms with Gasteiger partial charge in [0.15, 0.2) is 6.61 Å². The second kappa shape index (κ2) is 12.4. The number of esters is 3. The van der Waals surface area contributed by atoms with Crippen LogP contribution in [0, 0.1) is 4.91 Å². The molecule has 2 aromatic carbocycles. The predicted molar refractivity (Wildman–Crippen MR) is 107 cm³/mol. The van der Waals surface area contributed by atoms with E-state index in [4.69, 9.17) is 14.3 Å². The normalized spacial score (nSPS) is 9.78. The Morgan fingerprint density at radius 1 is 0.812 bits per heavy atom. The zero-order valence-corrected chi connectivity index (χ0v) is 17.0. The van der Waals surface area contributed by atoms with E-state index in [9.17, 15) is 24.1 Å². The van der Waals surface area contributed by atoms with Crippen LogP contribution in [0.1, 0.15) is 27.6 Å². The van der Waals surface area contributed by atoms with Crippen molar-refractivity contribution in [1.29, 1.82) is 0 Å². The Labute approximate surface area is 182 Å². The Morgan fingerprint density at radius 3 is 1.81 bits per heavy atom. The average molecular weight is 443 g/mol. The van der Waals surface area contributed by atoms with Crippen molar-refractivity contribution in [2.75, 3.05) is 26.4 Å². The van der Waals surface area contributed by atoms with Crippen LogP contribution in [0.3, 0.4) is 0 Å². The fraction of sp³-hybridized carbons (Fsp3) is 0.238. The summed E-state index contributed by atoms with van der Waals surface area (Å²) in [6.45, 7) is 0.711. The van der Waals surface area contributed by atoms with E-state index < -0.39 is 17.9 Å². The molecule has 0 saturated heterocycles. The molecule has 0 aromatic heterocycles. The van der Waals surface area contributed by atoms with E-state index in [1.54, 1.807) is 0 Å². The Bertz CT molecular complexity index is 1010. The monoisotopic (exact) mass is 443 g/mol. The molecule has 2 aromatic rings. The molecule has 2 rings (SSSR count). The smallest absolute Gasteiger partial charge is 0.338 e. The Balaban J connectivity index is 1.73. The van der Waals surface area contributed by atoms with Gasteiger partial charge in [0.2, 0.25) is 6.08 Å². The maximum absolute atomic E-state index is 12.0. The number of isocyanates is 1.